The number of carbonyl (C=O) groups excluding carboxylic acids is 1. The number of carboxylic acids is 1. The van der Waals surface area contributed by atoms with E-state index in [4.69, 9.17) is 5.11 Å². The Morgan fingerprint density at radius 2 is 1.95 bits per heavy atom. The first-order chi connectivity index (χ1) is 10.0. The molecule has 1 saturated carbocycles. The minimum Gasteiger partial charge on any atom is -0.478 e. The van der Waals surface area contributed by atoms with Crippen LogP contribution in [-0.4, -0.2) is 39.2 Å². The topological polar surface area (TPSA) is 99.5 Å². The molecule has 6 heteroatoms. The molecule has 2 rings (SSSR count). The van der Waals surface area contributed by atoms with Crippen LogP contribution in [-0.2, 0) is 4.79 Å². The number of aliphatic hydroxyl groups excluding tert-OH is 1. The van der Waals surface area contributed by atoms with Crippen molar-refractivity contribution in [2.45, 2.75) is 37.8 Å². The van der Waals surface area contributed by atoms with Gasteiger partial charge >= 0.3 is 5.97 Å². The average molecular weight is 290 g/mol. The van der Waals surface area contributed by atoms with E-state index < -0.39 is 5.97 Å². The van der Waals surface area contributed by atoms with Gasteiger partial charge in [-0.3, -0.25) is 9.78 Å². The van der Waals surface area contributed by atoms with Gasteiger partial charge in [0.05, 0.1) is 6.10 Å². The van der Waals surface area contributed by atoms with Crippen molar-refractivity contribution < 1.29 is 19.8 Å². The van der Waals surface area contributed by atoms with Crippen molar-refractivity contribution >= 4 is 18.0 Å². The summed E-state index contributed by atoms with van der Waals surface area (Å²) in [6.07, 6.45) is 6.59. The molecule has 0 saturated heterocycles. The van der Waals surface area contributed by atoms with E-state index in [1.54, 1.807) is 12.1 Å². The van der Waals surface area contributed by atoms with Gasteiger partial charge in [0.25, 0.3) is 5.91 Å². The Balaban J connectivity index is 1.92. The fourth-order valence-electron chi connectivity index (χ4n) is 2.29. The molecule has 1 fully saturated rings. The van der Waals surface area contributed by atoms with E-state index in [0.29, 0.717) is 24.1 Å². The number of carbonyl (C=O) groups is 2. The summed E-state index contributed by atoms with van der Waals surface area (Å²) in [7, 11) is 0. The average Bonchev–Trinajstić information content (AvgIpc) is 2.48. The van der Waals surface area contributed by atoms with Gasteiger partial charge in [-0.2, -0.15) is 0 Å². The Hall–Kier alpha value is -2.21. The summed E-state index contributed by atoms with van der Waals surface area (Å²) in [6.45, 7) is 0. The molecule has 0 unspecified atom stereocenters. The van der Waals surface area contributed by atoms with Crippen LogP contribution >= 0.6 is 0 Å². The fraction of sp³-hybridized carbons (Fsp3) is 0.400. The van der Waals surface area contributed by atoms with Crippen molar-refractivity contribution in [3.05, 3.63) is 35.7 Å². The lowest BCUT2D eigenvalue weighted by Gasteiger charge is -2.25. The molecule has 1 aromatic rings. The van der Waals surface area contributed by atoms with E-state index in [-0.39, 0.29) is 18.1 Å². The summed E-state index contributed by atoms with van der Waals surface area (Å²) in [6, 6.07) is 3.29. The molecule has 1 aliphatic carbocycles. The third-order valence-corrected chi connectivity index (χ3v) is 3.47. The summed E-state index contributed by atoms with van der Waals surface area (Å²) in [5.74, 6) is -1.28. The molecule has 21 heavy (non-hydrogen) atoms. The summed E-state index contributed by atoms with van der Waals surface area (Å²) in [5, 5.41) is 20.9. The van der Waals surface area contributed by atoms with E-state index in [9.17, 15) is 14.7 Å². The van der Waals surface area contributed by atoms with E-state index in [0.717, 1.165) is 18.9 Å². The number of aliphatic carboxylic acids is 1. The van der Waals surface area contributed by atoms with Crippen molar-refractivity contribution in [1.29, 1.82) is 0 Å². The first kappa shape index (κ1) is 15.2. The second-order valence-electron chi connectivity index (χ2n) is 5.13. The lowest BCUT2D eigenvalue weighted by molar-refractivity contribution is -0.131. The quantitative estimate of drug-likeness (QED) is 0.724. The standard InChI is InChI=1S/C15H18N2O4/c18-12-5-3-11(4-6-12)17-15(21)13-7-1-10(9-16-13)2-8-14(19)20/h1-2,7-9,11-12,18H,3-6H2,(H,17,21)(H,19,20)/b8-2+. The molecule has 6 nitrogen and oxygen atoms in total. The number of nitrogens with zero attached hydrogens (tertiary/aromatic N) is 1. The van der Waals surface area contributed by atoms with Crippen LogP contribution in [0, 0.1) is 0 Å². The second-order valence-corrected chi connectivity index (χ2v) is 5.13. The molecule has 1 aliphatic rings. The zero-order valence-electron chi connectivity index (χ0n) is 11.5. The number of pyridine rings is 1. The lowest BCUT2D eigenvalue weighted by Crippen LogP contribution is -2.38. The molecule has 1 heterocycles. The Morgan fingerprint density at radius 3 is 2.52 bits per heavy atom. The monoisotopic (exact) mass is 290 g/mol. The van der Waals surface area contributed by atoms with Crippen LogP contribution in [0.2, 0.25) is 0 Å². The first-order valence-electron chi connectivity index (χ1n) is 6.90. The Bertz CT molecular complexity index is 531. The highest BCUT2D eigenvalue weighted by Crippen LogP contribution is 2.18. The van der Waals surface area contributed by atoms with E-state index >= 15 is 0 Å². The van der Waals surface area contributed by atoms with Crippen LogP contribution in [0.15, 0.2) is 24.4 Å². The molecule has 0 aromatic carbocycles. The normalized spacial score (nSPS) is 22.1. The van der Waals surface area contributed by atoms with Crippen molar-refractivity contribution in [2.24, 2.45) is 0 Å². The van der Waals surface area contributed by atoms with E-state index in [2.05, 4.69) is 10.3 Å². The molecule has 112 valence electrons. The molecule has 0 aliphatic heterocycles. The van der Waals surface area contributed by atoms with Crippen molar-refractivity contribution in [2.75, 3.05) is 0 Å². The summed E-state index contributed by atoms with van der Waals surface area (Å²) >= 11 is 0. The minimum atomic E-state index is -1.03. The maximum Gasteiger partial charge on any atom is 0.328 e. The highest BCUT2D eigenvalue weighted by Gasteiger charge is 2.21. The third-order valence-electron chi connectivity index (χ3n) is 3.47. The van der Waals surface area contributed by atoms with Gasteiger partial charge in [0.15, 0.2) is 0 Å². The third kappa shape index (κ3) is 4.68. The highest BCUT2D eigenvalue weighted by molar-refractivity contribution is 5.92. The zero-order chi connectivity index (χ0) is 15.2. The predicted molar refractivity (Wildman–Crippen MR) is 76.6 cm³/mol. The van der Waals surface area contributed by atoms with Gasteiger partial charge in [-0.1, -0.05) is 6.07 Å². The molecule has 0 spiro atoms. The molecule has 1 aromatic heterocycles. The molecule has 0 radical (unpaired) electrons. The summed E-state index contributed by atoms with van der Waals surface area (Å²) < 4.78 is 0. The van der Waals surface area contributed by atoms with Crippen LogP contribution in [0.25, 0.3) is 6.08 Å². The molecule has 1 amide bonds. The van der Waals surface area contributed by atoms with Crippen LogP contribution in [0.3, 0.4) is 0 Å². The van der Waals surface area contributed by atoms with Gasteiger partial charge in [-0.05, 0) is 43.4 Å². The minimum absolute atomic E-state index is 0.0780. The lowest BCUT2D eigenvalue weighted by atomic mass is 9.93. The van der Waals surface area contributed by atoms with Gasteiger partial charge < -0.3 is 15.5 Å². The number of aliphatic hydroxyl groups is 1. The van der Waals surface area contributed by atoms with Gasteiger partial charge in [-0.25, -0.2) is 4.79 Å². The van der Waals surface area contributed by atoms with E-state index in [1.807, 2.05) is 0 Å². The molecular weight excluding hydrogens is 272 g/mol. The van der Waals surface area contributed by atoms with Crippen LogP contribution in [0.5, 0.6) is 0 Å². The van der Waals surface area contributed by atoms with Crippen LogP contribution < -0.4 is 5.32 Å². The number of aromatic nitrogens is 1. The number of nitrogens with one attached hydrogen (secondary N) is 1. The molecule has 0 atom stereocenters. The molecule has 3 N–H and O–H groups in total. The van der Waals surface area contributed by atoms with Crippen molar-refractivity contribution in [3.63, 3.8) is 0 Å². The van der Waals surface area contributed by atoms with Crippen molar-refractivity contribution in [1.82, 2.24) is 10.3 Å². The van der Waals surface area contributed by atoms with Gasteiger partial charge in [0.2, 0.25) is 0 Å². The second kappa shape index (κ2) is 6.99. The van der Waals surface area contributed by atoms with Crippen LogP contribution in [0.4, 0.5) is 0 Å². The van der Waals surface area contributed by atoms with Gasteiger partial charge in [0.1, 0.15) is 5.69 Å². The summed E-state index contributed by atoms with van der Waals surface area (Å²) in [4.78, 5) is 26.5. The summed E-state index contributed by atoms with van der Waals surface area (Å²) in [5.41, 5.74) is 0.920. The maximum atomic E-state index is 12.0. The van der Waals surface area contributed by atoms with Crippen molar-refractivity contribution in [3.8, 4) is 0 Å². The van der Waals surface area contributed by atoms with Gasteiger partial charge in [-0.15, -0.1) is 0 Å². The Labute approximate surface area is 122 Å². The number of amides is 1. The number of carboxylic acid groups (broad SMARTS) is 1. The zero-order valence-corrected chi connectivity index (χ0v) is 11.5. The van der Waals surface area contributed by atoms with Crippen LogP contribution in [0.1, 0.15) is 41.7 Å². The number of hydrogen-bond donors (Lipinski definition) is 3. The fourth-order valence-corrected chi connectivity index (χ4v) is 2.29. The van der Waals surface area contributed by atoms with Gasteiger partial charge in [0, 0.05) is 18.3 Å². The van der Waals surface area contributed by atoms with E-state index in [1.165, 1.54) is 12.3 Å². The SMILES string of the molecule is O=C(O)/C=C/c1ccc(C(=O)NC2CCC(O)CC2)nc1. The Kier molecular flexibility index (Phi) is 5.05. The maximum absolute atomic E-state index is 12.0. The first-order valence-corrected chi connectivity index (χ1v) is 6.90. The predicted octanol–water partition coefficient (Wildman–Crippen LogP) is 1.21. The Morgan fingerprint density at radius 1 is 1.24 bits per heavy atom. The highest BCUT2D eigenvalue weighted by atomic mass is 16.4. The number of hydrogen-bond acceptors (Lipinski definition) is 4. The smallest absolute Gasteiger partial charge is 0.328 e. The molecule has 0 bridgehead atoms. The largest absolute Gasteiger partial charge is 0.478 e. The molecular formula is C15H18N2O4. The number of rotatable bonds is 4.